The fourth-order valence-corrected chi connectivity index (χ4v) is 9.18. The Kier molecular flexibility index (Phi) is 6.42. The van der Waals surface area contributed by atoms with Crippen LogP contribution in [-0.4, -0.2) is 4.57 Å². The number of nitrogens with zero attached hydrogens (tertiary/aromatic N) is 2. The van der Waals surface area contributed by atoms with Crippen LogP contribution in [0.2, 0.25) is 0 Å². The van der Waals surface area contributed by atoms with Crippen molar-refractivity contribution in [1.82, 2.24) is 4.57 Å². The Morgan fingerprint density at radius 1 is 0.423 bits per heavy atom. The largest absolute Gasteiger partial charge is 0.456 e. The molecule has 0 aliphatic carbocycles. The Balaban J connectivity index is 1.11. The molecular weight excluding hydrogens is 653 g/mol. The van der Waals surface area contributed by atoms with E-state index in [1.54, 1.807) is 0 Å². The third-order valence-electron chi connectivity index (χ3n) is 10.4. The molecule has 0 amide bonds. The van der Waals surface area contributed by atoms with Crippen molar-refractivity contribution in [3.8, 4) is 16.8 Å². The molecular formula is C48H30N2OS. The van der Waals surface area contributed by atoms with Crippen LogP contribution < -0.4 is 4.90 Å². The maximum absolute atomic E-state index is 6.40. The molecule has 244 valence electrons. The van der Waals surface area contributed by atoms with Gasteiger partial charge in [0.25, 0.3) is 0 Å². The molecule has 0 atom stereocenters. The van der Waals surface area contributed by atoms with Gasteiger partial charge in [0.1, 0.15) is 11.2 Å². The number of aromatic nitrogens is 1. The number of para-hydroxylation sites is 3. The summed E-state index contributed by atoms with van der Waals surface area (Å²) in [5, 5.41) is 7.28. The van der Waals surface area contributed by atoms with Crippen LogP contribution in [0.1, 0.15) is 0 Å². The zero-order chi connectivity index (χ0) is 34.2. The monoisotopic (exact) mass is 682 g/mol. The maximum Gasteiger partial charge on any atom is 0.137 e. The number of rotatable bonds is 5. The second-order valence-corrected chi connectivity index (χ2v) is 14.4. The van der Waals surface area contributed by atoms with Crippen LogP contribution in [0.5, 0.6) is 0 Å². The van der Waals surface area contributed by atoms with Crippen LogP contribution in [0.3, 0.4) is 0 Å². The maximum atomic E-state index is 6.40. The molecule has 0 N–H and O–H groups in total. The topological polar surface area (TPSA) is 21.3 Å². The van der Waals surface area contributed by atoms with E-state index in [4.69, 9.17) is 4.42 Å². The summed E-state index contributed by atoms with van der Waals surface area (Å²) in [5.74, 6) is 0. The van der Waals surface area contributed by atoms with Gasteiger partial charge in [-0.15, -0.1) is 11.3 Å². The lowest BCUT2D eigenvalue weighted by Gasteiger charge is -2.26. The fraction of sp³-hybridized carbons (Fsp3) is 0. The lowest BCUT2D eigenvalue weighted by Crippen LogP contribution is -2.10. The molecule has 3 nitrogen and oxygen atoms in total. The highest BCUT2D eigenvalue weighted by atomic mass is 32.1. The molecule has 3 aromatic heterocycles. The molecule has 52 heavy (non-hydrogen) atoms. The molecule has 3 heterocycles. The van der Waals surface area contributed by atoms with Gasteiger partial charge < -0.3 is 13.9 Å². The highest BCUT2D eigenvalue weighted by Crippen LogP contribution is 2.45. The Morgan fingerprint density at radius 3 is 1.98 bits per heavy atom. The van der Waals surface area contributed by atoms with Crippen molar-refractivity contribution in [1.29, 1.82) is 0 Å². The molecule has 0 aliphatic heterocycles. The lowest BCUT2D eigenvalue weighted by atomic mass is 10.0. The minimum atomic E-state index is 0.874. The second-order valence-electron chi connectivity index (χ2n) is 13.3. The van der Waals surface area contributed by atoms with Crippen molar-refractivity contribution in [2.75, 3.05) is 4.90 Å². The number of anilines is 3. The molecule has 0 saturated carbocycles. The highest BCUT2D eigenvalue weighted by molar-refractivity contribution is 7.25. The molecule has 11 aromatic rings. The van der Waals surface area contributed by atoms with E-state index in [9.17, 15) is 0 Å². The summed E-state index contributed by atoms with van der Waals surface area (Å²) < 4.78 is 11.4. The van der Waals surface area contributed by atoms with Gasteiger partial charge in [-0.3, -0.25) is 0 Å². The summed E-state index contributed by atoms with van der Waals surface area (Å²) >= 11 is 1.86. The van der Waals surface area contributed by atoms with Crippen molar-refractivity contribution >= 4 is 92.3 Å². The van der Waals surface area contributed by atoms with Crippen LogP contribution in [-0.2, 0) is 0 Å². The summed E-state index contributed by atoms with van der Waals surface area (Å²) in [7, 11) is 0. The fourth-order valence-electron chi connectivity index (χ4n) is 8.03. The quantitative estimate of drug-likeness (QED) is 0.180. The van der Waals surface area contributed by atoms with Crippen LogP contribution in [0.15, 0.2) is 186 Å². The van der Waals surface area contributed by atoms with Crippen molar-refractivity contribution < 1.29 is 4.42 Å². The van der Waals surface area contributed by atoms with Crippen LogP contribution in [0.25, 0.3) is 80.7 Å². The smallest absolute Gasteiger partial charge is 0.137 e. The van der Waals surface area contributed by atoms with Gasteiger partial charge in [-0.2, -0.15) is 0 Å². The predicted octanol–water partition coefficient (Wildman–Crippen LogP) is 14.2. The summed E-state index contributed by atoms with van der Waals surface area (Å²) in [5.41, 5.74) is 10.9. The summed E-state index contributed by atoms with van der Waals surface area (Å²) in [6, 6.07) is 65.5. The zero-order valence-corrected chi connectivity index (χ0v) is 28.8. The van der Waals surface area contributed by atoms with Gasteiger partial charge in [0.2, 0.25) is 0 Å². The van der Waals surface area contributed by atoms with Crippen molar-refractivity contribution in [2.45, 2.75) is 0 Å². The minimum Gasteiger partial charge on any atom is -0.456 e. The van der Waals surface area contributed by atoms with Crippen molar-refractivity contribution in [2.24, 2.45) is 0 Å². The van der Waals surface area contributed by atoms with E-state index in [1.165, 1.54) is 53.1 Å². The number of hydrogen-bond donors (Lipinski definition) is 0. The second kappa shape index (κ2) is 11.5. The normalized spacial score (nSPS) is 11.8. The molecule has 0 radical (unpaired) electrons. The van der Waals surface area contributed by atoms with Gasteiger partial charge in [0.15, 0.2) is 0 Å². The molecule has 0 unspecified atom stereocenters. The number of benzene rings is 8. The van der Waals surface area contributed by atoms with Crippen molar-refractivity contribution in [3.63, 3.8) is 0 Å². The number of hydrogen-bond acceptors (Lipinski definition) is 3. The van der Waals surface area contributed by atoms with E-state index in [0.29, 0.717) is 0 Å². The highest BCUT2D eigenvalue weighted by Gasteiger charge is 2.21. The molecule has 11 rings (SSSR count). The first-order valence-electron chi connectivity index (χ1n) is 17.6. The third kappa shape index (κ3) is 4.45. The van der Waals surface area contributed by atoms with E-state index in [1.807, 2.05) is 17.4 Å². The van der Waals surface area contributed by atoms with Crippen LogP contribution >= 0.6 is 11.3 Å². The van der Waals surface area contributed by atoms with Crippen molar-refractivity contribution in [3.05, 3.63) is 182 Å². The Bertz CT molecular complexity index is 3130. The molecule has 0 saturated heterocycles. The first-order valence-corrected chi connectivity index (χ1v) is 18.4. The van der Waals surface area contributed by atoms with Crippen LogP contribution in [0, 0.1) is 0 Å². The number of fused-ring (bicyclic) bond motifs is 9. The molecule has 0 fully saturated rings. The molecule has 0 bridgehead atoms. The summed E-state index contributed by atoms with van der Waals surface area (Å²) in [4.78, 5) is 2.39. The summed E-state index contributed by atoms with van der Waals surface area (Å²) in [6.45, 7) is 0. The number of furan rings is 1. The van der Waals surface area contributed by atoms with E-state index < -0.39 is 0 Å². The molecule has 4 heteroatoms. The van der Waals surface area contributed by atoms with Gasteiger partial charge in [-0.25, -0.2) is 0 Å². The Hall–Kier alpha value is -6.62. The average molecular weight is 683 g/mol. The zero-order valence-electron chi connectivity index (χ0n) is 28.0. The first-order chi connectivity index (χ1) is 25.8. The first kappa shape index (κ1) is 29.1. The summed E-state index contributed by atoms with van der Waals surface area (Å²) in [6.07, 6.45) is 0. The standard InChI is InChI=1S/C48H30N2OS/c1-2-11-33(12-3-1)50-41-16-7-4-13-36(41)40-30-35(26-28-42(40)50)49(43-17-10-19-45-48(43)39-15-5-8-18-44(39)51-45)34-24-21-31(22-25-34)32-23-27-38-37-14-6-9-20-46(37)52-47(38)29-32/h1-30H. The van der Waals surface area contributed by atoms with E-state index in [2.05, 4.69) is 185 Å². The molecule has 0 spiro atoms. The van der Waals surface area contributed by atoms with Gasteiger partial charge >= 0.3 is 0 Å². The molecule has 8 aromatic carbocycles. The Morgan fingerprint density at radius 2 is 1.10 bits per heavy atom. The van der Waals surface area contributed by atoms with Crippen LogP contribution in [0.4, 0.5) is 17.1 Å². The predicted molar refractivity (Wildman–Crippen MR) is 221 cm³/mol. The SMILES string of the molecule is c1ccc(-n2c3ccccc3c3cc(N(c4ccc(-c5ccc6c(c5)sc5ccccc56)cc4)c4cccc5oc6ccccc6c45)ccc32)cc1. The van der Waals surface area contributed by atoms with Gasteiger partial charge in [0.05, 0.1) is 22.1 Å². The molecule has 0 aliphatic rings. The van der Waals surface area contributed by atoms with E-state index in [-0.39, 0.29) is 0 Å². The Labute approximate surface area is 303 Å². The third-order valence-corrected chi connectivity index (χ3v) is 11.5. The van der Waals surface area contributed by atoms with Gasteiger partial charge in [-0.05, 0) is 90.0 Å². The van der Waals surface area contributed by atoms with E-state index >= 15 is 0 Å². The van der Waals surface area contributed by atoms with E-state index in [0.717, 1.165) is 44.7 Å². The average Bonchev–Trinajstić information content (AvgIpc) is 3.88. The number of thiophene rings is 1. The van der Waals surface area contributed by atoms with Gasteiger partial charge in [-0.1, -0.05) is 103 Å². The van der Waals surface area contributed by atoms with Gasteiger partial charge in [0, 0.05) is 53.4 Å². The minimum absolute atomic E-state index is 0.874. The lowest BCUT2D eigenvalue weighted by molar-refractivity contribution is 0.669.